The lowest BCUT2D eigenvalue weighted by molar-refractivity contribution is 0.120. The lowest BCUT2D eigenvalue weighted by Gasteiger charge is -2.23. The van der Waals surface area contributed by atoms with Crippen molar-refractivity contribution in [1.82, 2.24) is 9.97 Å². The molecule has 0 spiro atoms. The number of hydrogen-bond donors (Lipinski definition) is 2. The third-order valence-electron chi connectivity index (χ3n) is 5.21. The van der Waals surface area contributed by atoms with Crippen LogP contribution in [0.2, 0.25) is 0 Å². The molecule has 4 rings (SSSR count). The fourth-order valence-electron chi connectivity index (χ4n) is 3.66. The van der Waals surface area contributed by atoms with Crippen molar-refractivity contribution < 1.29 is 4.74 Å². The molecule has 5 heteroatoms. The topological polar surface area (TPSA) is 59.1 Å². The molecule has 2 aliphatic carbocycles. The largest absolute Gasteiger partial charge is 0.376 e. The normalized spacial score (nSPS) is 25.5. The average molecular weight is 316 g/mol. The van der Waals surface area contributed by atoms with Crippen LogP contribution in [0.4, 0.5) is 11.8 Å². The first-order valence-electron chi connectivity index (χ1n) is 9.38. The summed E-state index contributed by atoms with van der Waals surface area (Å²) < 4.78 is 5.69. The highest BCUT2D eigenvalue weighted by Gasteiger charge is 2.27. The second-order valence-electron chi connectivity index (χ2n) is 7.27. The molecule has 0 amide bonds. The Morgan fingerprint density at radius 1 is 1.00 bits per heavy atom. The zero-order chi connectivity index (χ0) is 15.5. The van der Waals surface area contributed by atoms with Crippen LogP contribution < -0.4 is 10.6 Å². The molecule has 2 heterocycles. The Balaban J connectivity index is 1.43. The van der Waals surface area contributed by atoms with Gasteiger partial charge in [0.15, 0.2) is 0 Å². The van der Waals surface area contributed by atoms with Gasteiger partial charge in [-0.1, -0.05) is 19.3 Å². The van der Waals surface area contributed by atoms with Crippen molar-refractivity contribution in [1.29, 1.82) is 0 Å². The van der Waals surface area contributed by atoms with Crippen LogP contribution in [-0.2, 0) is 4.74 Å². The van der Waals surface area contributed by atoms with Crippen LogP contribution in [0.25, 0.3) is 0 Å². The summed E-state index contributed by atoms with van der Waals surface area (Å²) in [5.74, 6) is 2.42. The minimum Gasteiger partial charge on any atom is -0.376 e. The van der Waals surface area contributed by atoms with Gasteiger partial charge in [0, 0.05) is 31.2 Å². The van der Waals surface area contributed by atoms with Gasteiger partial charge in [-0.15, -0.1) is 0 Å². The number of nitrogens with one attached hydrogen (secondary N) is 2. The zero-order valence-electron chi connectivity index (χ0n) is 13.9. The number of aromatic nitrogens is 2. The Kier molecular flexibility index (Phi) is 4.64. The van der Waals surface area contributed by atoms with Crippen molar-refractivity contribution in [3.05, 3.63) is 11.8 Å². The smallest absolute Gasteiger partial charge is 0.225 e. The molecular weight excluding hydrogens is 288 g/mol. The van der Waals surface area contributed by atoms with Crippen molar-refractivity contribution in [2.75, 3.05) is 23.8 Å². The molecule has 0 radical (unpaired) electrons. The van der Waals surface area contributed by atoms with Gasteiger partial charge in [-0.3, -0.25) is 0 Å². The molecule has 126 valence electrons. The third kappa shape index (κ3) is 4.14. The lowest BCUT2D eigenvalue weighted by atomic mass is 9.96. The highest BCUT2D eigenvalue weighted by molar-refractivity contribution is 5.44. The number of hydrogen-bond acceptors (Lipinski definition) is 5. The molecular formula is C18H28N4O. The fourth-order valence-corrected chi connectivity index (χ4v) is 3.66. The quantitative estimate of drug-likeness (QED) is 0.838. The number of rotatable bonds is 6. The van der Waals surface area contributed by atoms with Gasteiger partial charge in [0.05, 0.1) is 11.8 Å². The maximum atomic E-state index is 5.69. The van der Waals surface area contributed by atoms with Crippen molar-refractivity contribution in [2.45, 2.75) is 75.9 Å². The van der Waals surface area contributed by atoms with Gasteiger partial charge in [0.2, 0.25) is 5.95 Å². The van der Waals surface area contributed by atoms with Crippen LogP contribution in [0.3, 0.4) is 0 Å². The molecule has 1 saturated heterocycles. The summed E-state index contributed by atoms with van der Waals surface area (Å²) in [7, 11) is 0. The SMILES string of the molecule is c1c(NC[C@@H]2CCCO2)nc(NC2CCCCC2)nc1C1CC1. The Hall–Kier alpha value is -1.36. The van der Waals surface area contributed by atoms with Gasteiger partial charge >= 0.3 is 0 Å². The van der Waals surface area contributed by atoms with Crippen molar-refractivity contribution >= 4 is 11.8 Å². The summed E-state index contributed by atoms with van der Waals surface area (Å²) in [6.45, 7) is 1.75. The van der Waals surface area contributed by atoms with E-state index in [9.17, 15) is 0 Å². The molecule has 5 nitrogen and oxygen atoms in total. The van der Waals surface area contributed by atoms with E-state index in [0.29, 0.717) is 18.1 Å². The summed E-state index contributed by atoms with van der Waals surface area (Å²) in [4.78, 5) is 9.49. The van der Waals surface area contributed by atoms with E-state index in [-0.39, 0.29) is 0 Å². The first kappa shape index (κ1) is 15.2. The van der Waals surface area contributed by atoms with Crippen molar-refractivity contribution in [3.8, 4) is 0 Å². The maximum Gasteiger partial charge on any atom is 0.225 e. The van der Waals surface area contributed by atoms with Gasteiger partial charge in [-0.2, -0.15) is 4.98 Å². The summed E-state index contributed by atoms with van der Waals surface area (Å²) in [6, 6.07) is 2.68. The van der Waals surface area contributed by atoms with Crippen LogP contribution in [0.15, 0.2) is 6.07 Å². The van der Waals surface area contributed by atoms with E-state index < -0.39 is 0 Å². The number of nitrogens with zero attached hydrogens (tertiary/aromatic N) is 2. The predicted molar refractivity (Wildman–Crippen MR) is 92.0 cm³/mol. The van der Waals surface area contributed by atoms with Crippen molar-refractivity contribution in [2.24, 2.45) is 0 Å². The van der Waals surface area contributed by atoms with Gasteiger partial charge in [-0.25, -0.2) is 4.98 Å². The highest BCUT2D eigenvalue weighted by atomic mass is 16.5. The lowest BCUT2D eigenvalue weighted by Crippen LogP contribution is -2.24. The molecule has 3 aliphatic rings. The van der Waals surface area contributed by atoms with E-state index in [0.717, 1.165) is 31.3 Å². The highest BCUT2D eigenvalue weighted by Crippen LogP contribution is 2.40. The van der Waals surface area contributed by atoms with Gasteiger partial charge < -0.3 is 15.4 Å². The second kappa shape index (κ2) is 7.04. The first-order valence-corrected chi connectivity index (χ1v) is 9.38. The van der Waals surface area contributed by atoms with E-state index in [1.54, 1.807) is 0 Å². The predicted octanol–water partition coefficient (Wildman–Crippen LogP) is 3.69. The Labute approximate surface area is 138 Å². The molecule has 23 heavy (non-hydrogen) atoms. The molecule has 1 atom stereocenters. The van der Waals surface area contributed by atoms with Crippen LogP contribution in [0.5, 0.6) is 0 Å². The standard InChI is InChI=1S/C18H28N4O/c1-2-5-14(6-3-1)20-18-21-16(13-8-9-13)11-17(22-18)19-12-15-7-4-10-23-15/h11,13-15H,1-10,12H2,(H2,19,20,21,22)/t15-/m0/s1. The molecule has 1 aromatic rings. The summed E-state index contributed by atoms with van der Waals surface area (Å²) in [5, 5.41) is 7.05. The zero-order valence-corrected chi connectivity index (χ0v) is 13.9. The molecule has 0 unspecified atom stereocenters. The van der Waals surface area contributed by atoms with Crippen molar-refractivity contribution in [3.63, 3.8) is 0 Å². The second-order valence-corrected chi connectivity index (χ2v) is 7.27. The maximum absolute atomic E-state index is 5.69. The van der Waals surface area contributed by atoms with E-state index >= 15 is 0 Å². The van der Waals surface area contributed by atoms with E-state index in [2.05, 4.69) is 16.7 Å². The summed E-state index contributed by atoms with van der Waals surface area (Å²) >= 11 is 0. The minimum absolute atomic E-state index is 0.337. The molecule has 3 fully saturated rings. The monoisotopic (exact) mass is 316 g/mol. The van der Waals surface area contributed by atoms with E-state index in [4.69, 9.17) is 14.7 Å². The van der Waals surface area contributed by atoms with Crippen LogP contribution in [0, 0.1) is 0 Å². The molecule has 2 saturated carbocycles. The summed E-state index contributed by atoms with van der Waals surface area (Å²) in [5.41, 5.74) is 1.20. The van der Waals surface area contributed by atoms with Gasteiger partial charge in [-0.05, 0) is 38.5 Å². The van der Waals surface area contributed by atoms with Gasteiger partial charge in [0.1, 0.15) is 5.82 Å². The average Bonchev–Trinajstić information content (AvgIpc) is 3.30. The molecule has 2 N–H and O–H groups in total. The number of anilines is 2. The molecule has 1 aromatic heterocycles. The molecule has 0 bridgehead atoms. The summed E-state index contributed by atoms with van der Waals surface area (Å²) in [6.07, 6.45) is 11.7. The van der Waals surface area contributed by atoms with Crippen LogP contribution in [-0.4, -0.2) is 35.3 Å². The van der Waals surface area contributed by atoms with Gasteiger partial charge in [0.25, 0.3) is 0 Å². The van der Waals surface area contributed by atoms with Crippen LogP contribution >= 0.6 is 0 Å². The molecule has 1 aliphatic heterocycles. The van der Waals surface area contributed by atoms with Crippen LogP contribution in [0.1, 0.15) is 69.4 Å². The van der Waals surface area contributed by atoms with E-state index in [1.165, 1.54) is 57.1 Å². The van der Waals surface area contributed by atoms with E-state index in [1.807, 2.05) is 0 Å². The Morgan fingerprint density at radius 3 is 2.61 bits per heavy atom. The number of ether oxygens (including phenoxy) is 1. The first-order chi connectivity index (χ1) is 11.4. The fraction of sp³-hybridized carbons (Fsp3) is 0.778. The molecule has 0 aromatic carbocycles. The third-order valence-corrected chi connectivity index (χ3v) is 5.21. The Bertz CT molecular complexity index is 520. The minimum atomic E-state index is 0.337. The Morgan fingerprint density at radius 2 is 1.87 bits per heavy atom.